The normalized spacial score (nSPS) is 21.8. The number of aliphatic carboxylic acids is 1. The highest BCUT2D eigenvalue weighted by atomic mass is 16.4. The molecule has 1 rings (SSSR count). The SMILES string of the molecule is CC(C)[C@@H](NC(=O)[C@@H]1CCC(=O)NC1)C(=O)O. The Morgan fingerprint density at radius 1 is 1.47 bits per heavy atom. The van der Waals surface area contributed by atoms with Gasteiger partial charge in [0, 0.05) is 13.0 Å². The number of amides is 2. The molecule has 1 fully saturated rings. The van der Waals surface area contributed by atoms with Gasteiger partial charge >= 0.3 is 5.97 Å². The minimum atomic E-state index is -1.03. The molecule has 6 nitrogen and oxygen atoms in total. The largest absolute Gasteiger partial charge is 0.480 e. The molecule has 0 bridgehead atoms. The maximum Gasteiger partial charge on any atom is 0.326 e. The predicted molar refractivity (Wildman–Crippen MR) is 60.1 cm³/mol. The molecule has 96 valence electrons. The average Bonchev–Trinajstić information content (AvgIpc) is 2.25. The number of carboxylic acids is 1. The minimum Gasteiger partial charge on any atom is -0.480 e. The van der Waals surface area contributed by atoms with Crippen molar-refractivity contribution in [2.75, 3.05) is 6.54 Å². The van der Waals surface area contributed by atoms with Crippen LogP contribution >= 0.6 is 0 Å². The number of carbonyl (C=O) groups excluding carboxylic acids is 2. The van der Waals surface area contributed by atoms with E-state index in [1.807, 2.05) is 0 Å². The fourth-order valence-electron chi connectivity index (χ4n) is 1.74. The molecule has 0 aromatic rings. The highest BCUT2D eigenvalue weighted by molar-refractivity contribution is 5.87. The lowest BCUT2D eigenvalue weighted by Crippen LogP contribution is -2.50. The van der Waals surface area contributed by atoms with Crippen LogP contribution in [0.25, 0.3) is 0 Å². The number of hydrogen-bond donors (Lipinski definition) is 3. The standard InChI is InChI=1S/C11H18N2O4/c1-6(2)9(11(16)17)13-10(15)7-3-4-8(14)12-5-7/h6-7,9H,3-5H2,1-2H3,(H,12,14)(H,13,15)(H,16,17)/t7-,9-/m1/s1. The van der Waals surface area contributed by atoms with Crippen molar-refractivity contribution in [3.05, 3.63) is 0 Å². The topological polar surface area (TPSA) is 95.5 Å². The van der Waals surface area contributed by atoms with Crippen molar-refractivity contribution >= 4 is 17.8 Å². The second-order valence-electron chi connectivity index (χ2n) is 4.61. The van der Waals surface area contributed by atoms with Gasteiger partial charge in [-0.05, 0) is 12.3 Å². The second-order valence-corrected chi connectivity index (χ2v) is 4.61. The van der Waals surface area contributed by atoms with Crippen LogP contribution in [-0.2, 0) is 14.4 Å². The van der Waals surface area contributed by atoms with E-state index in [2.05, 4.69) is 10.6 Å². The first-order valence-corrected chi connectivity index (χ1v) is 5.71. The molecule has 0 unspecified atom stereocenters. The molecule has 1 aliphatic heterocycles. The highest BCUT2D eigenvalue weighted by Gasteiger charge is 2.29. The van der Waals surface area contributed by atoms with Crippen LogP contribution in [0, 0.1) is 11.8 Å². The van der Waals surface area contributed by atoms with E-state index in [4.69, 9.17) is 5.11 Å². The van der Waals surface area contributed by atoms with E-state index in [9.17, 15) is 14.4 Å². The summed E-state index contributed by atoms with van der Waals surface area (Å²) in [5.41, 5.74) is 0. The van der Waals surface area contributed by atoms with Crippen LogP contribution in [-0.4, -0.2) is 35.5 Å². The van der Waals surface area contributed by atoms with Crippen molar-refractivity contribution in [3.8, 4) is 0 Å². The van der Waals surface area contributed by atoms with Gasteiger partial charge in [0.1, 0.15) is 6.04 Å². The molecule has 17 heavy (non-hydrogen) atoms. The summed E-state index contributed by atoms with van der Waals surface area (Å²) in [6.07, 6.45) is 0.791. The second kappa shape index (κ2) is 5.65. The average molecular weight is 242 g/mol. The van der Waals surface area contributed by atoms with E-state index in [1.54, 1.807) is 13.8 Å². The molecule has 0 radical (unpaired) electrons. The Hall–Kier alpha value is -1.59. The van der Waals surface area contributed by atoms with E-state index in [-0.39, 0.29) is 30.2 Å². The zero-order valence-electron chi connectivity index (χ0n) is 10.0. The van der Waals surface area contributed by atoms with Gasteiger partial charge in [-0.2, -0.15) is 0 Å². The lowest BCUT2D eigenvalue weighted by atomic mass is 9.96. The van der Waals surface area contributed by atoms with E-state index >= 15 is 0 Å². The van der Waals surface area contributed by atoms with Gasteiger partial charge in [0.25, 0.3) is 0 Å². The smallest absolute Gasteiger partial charge is 0.326 e. The first-order chi connectivity index (χ1) is 7.91. The van der Waals surface area contributed by atoms with Crippen LogP contribution in [0.15, 0.2) is 0 Å². The Morgan fingerprint density at radius 2 is 2.12 bits per heavy atom. The van der Waals surface area contributed by atoms with Crippen molar-refractivity contribution in [2.24, 2.45) is 11.8 Å². The molecule has 0 spiro atoms. The van der Waals surface area contributed by atoms with Gasteiger partial charge in [0.2, 0.25) is 11.8 Å². The molecule has 0 aromatic heterocycles. The number of nitrogens with one attached hydrogen (secondary N) is 2. The quantitative estimate of drug-likeness (QED) is 0.632. The number of piperidine rings is 1. The Bertz CT molecular complexity index is 317. The third-order valence-electron chi connectivity index (χ3n) is 2.87. The van der Waals surface area contributed by atoms with Crippen molar-refractivity contribution in [3.63, 3.8) is 0 Å². The van der Waals surface area contributed by atoms with E-state index < -0.39 is 12.0 Å². The summed E-state index contributed by atoms with van der Waals surface area (Å²) in [6, 6.07) is -0.875. The number of rotatable bonds is 4. The first-order valence-electron chi connectivity index (χ1n) is 5.71. The van der Waals surface area contributed by atoms with Crippen LogP contribution in [0.4, 0.5) is 0 Å². The van der Waals surface area contributed by atoms with Crippen LogP contribution in [0.2, 0.25) is 0 Å². The molecule has 1 heterocycles. The monoisotopic (exact) mass is 242 g/mol. The summed E-state index contributed by atoms with van der Waals surface area (Å²) < 4.78 is 0. The summed E-state index contributed by atoms with van der Waals surface area (Å²) >= 11 is 0. The molecule has 3 N–H and O–H groups in total. The van der Waals surface area contributed by atoms with Crippen LogP contribution < -0.4 is 10.6 Å². The molecule has 0 aliphatic carbocycles. The zero-order valence-corrected chi connectivity index (χ0v) is 10.0. The summed E-state index contributed by atoms with van der Waals surface area (Å²) in [4.78, 5) is 33.7. The predicted octanol–water partition coefficient (Wildman–Crippen LogP) is -0.262. The van der Waals surface area contributed by atoms with E-state index in [1.165, 1.54) is 0 Å². The van der Waals surface area contributed by atoms with Gasteiger partial charge in [-0.25, -0.2) is 4.79 Å². The Morgan fingerprint density at radius 3 is 2.53 bits per heavy atom. The fourth-order valence-corrected chi connectivity index (χ4v) is 1.74. The maximum absolute atomic E-state index is 11.8. The molecule has 1 saturated heterocycles. The Labute approximate surface area is 99.8 Å². The third-order valence-corrected chi connectivity index (χ3v) is 2.87. The molecular formula is C11H18N2O4. The number of hydrogen-bond acceptors (Lipinski definition) is 3. The van der Waals surface area contributed by atoms with Gasteiger partial charge in [0.15, 0.2) is 0 Å². The van der Waals surface area contributed by atoms with Gasteiger partial charge in [-0.3, -0.25) is 9.59 Å². The van der Waals surface area contributed by atoms with E-state index in [0.29, 0.717) is 12.8 Å². The molecule has 1 aliphatic rings. The van der Waals surface area contributed by atoms with Crippen molar-refractivity contribution in [1.29, 1.82) is 0 Å². The fraction of sp³-hybridized carbons (Fsp3) is 0.727. The number of carbonyl (C=O) groups is 3. The van der Waals surface area contributed by atoms with Crippen LogP contribution in [0.1, 0.15) is 26.7 Å². The van der Waals surface area contributed by atoms with Crippen LogP contribution in [0.5, 0.6) is 0 Å². The minimum absolute atomic E-state index is 0.0623. The van der Waals surface area contributed by atoms with Gasteiger partial charge in [-0.1, -0.05) is 13.8 Å². The molecule has 6 heteroatoms. The molecular weight excluding hydrogens is 224 g/mol. The summed E-state index contributed by atoms with van der Waals surface area (Å²) in [7, 11) is 0. The summed E-state index contributed by atoms with van der Waals surface area (Å²) in [6.45, 7) is 3.76. The van der Waals surface area contributed by atoms with Gasteiger partial charge < -0.3 is 15.7 Å². The summed E-state index contributed by atoms with van der Waals surface area (Å²) in [5.74, 6) is -1.89. The van der Waals surface area contributed by atoms with Gasteiger partial charge in [0.05, 0.1) is 5.92 Å². The molecule has 2 amide bonds. The van der Waals surface area contributed by atoms with Crippen molar-refractivity contribution in [2.45, 2.75) is 32.7 Å². The molecule has 0 saturated carbocycles. The lowest BCUT2D eigenvalue weighted by Gasteiger charge is -2.25. The van der Waals surface area contributed by atoms with E-state index in [0.717, 1.165) is 0 Å². The highest BCUT2D eigenvalue weighted by Crippen LogP contribution is 2.12. The van der Waals surface area contributed by atoms with Crippen molar-refractivity contribution < 1.29 is 19.5 Å². The summed E-state index contributed by atoms with van der Waals surface area (Å²) in [5, 5.41) is 14.1. The lowest BCUT2D eigenvalue weighted by molar-refractivity contribution is -0.144. The first kappa shape index (κ1) is 13.5. The Balaban J connectivity index is 2.53. The van der Waals surface area contributed by atoms with Crippen LogP contribution in [0.3, 0.4) is 0 Å². The Kier molecular flexibility index (Phi) is 4.48. The third kappa shape index (κ3) is 3.72. The van der Waals surface area contributed by atoms with Crippen molar-refractivity contribution in [1.82, 2.24) is 10.6 Å². The number of carboxylic acid groups (broad SMARTS) is 1. The maximum atomic E-state index is 11.8. The zero-order chi connectivity index (χ0) is 13.0. The molecule has 2 atom stereocenters. The van der Waals surface area contributed by atoms with Gasteiger partial charge in [-0.15, -0.1) is 0 Å². The molecule has 0 aromatic carbocycles.